The van der Waals surface area contributed by atoms with Crippen LogP contribution in [0.5, 0.6) is 0 Å². The highest BCUT2D eigenvalue weighted by molar-refractivity contribution is 9.10. The number of benzene rings is 2. The minimum atomic E-state index is -3.60. The van der Waals surface area contributed by atoms with E-state index < -0.39 is 10.0 Å². The molecule has 2 N–H and O–H groups in total. The molecule has 144 valence electrons. The summed E-state index contributed by atoms with van der Waals surface area (Å²) in [5.41, 5.74) is 1.28. The molecular weight excluding hydrogens is 428 g/mol. The Morgan fingerprint density at radius 3 is 2.30 bits per heavy atom. The number of halogens is 1. The SMILES string of the molecule is O=C(CCNS(=O)(=O)c1ccc(Br)cc1)NCC1(c2ccccc2)CCC1. The van der Waals surface area contributed by atoms with Crippen molar-refractivity contribution in [2.24, 2.45) is 0 Å². The molecule has 27 heavy (non-hydrogen) atoms. The first-order valence-electron chi connectivity index (χ1n) is 8.99. The molecule has 1 aliphatic carbocycles. The van der Waals surface area contributed by atoms with E-state index in [1.54, 1.807) is 12.1 Å². The van der Waals surface area contributed by atoms with E-state index in [1.165, 1.54) is 17.7 Å². The highest BCUT2D eigenvalue weighted by atomic mass is 79.9. The van der Waals surface area contributed by atoms with Crippen molar-refractivity contribution in [1.82, 2.24) is 10.0 Å². The number of hydrogen-bond donors (Lipinski definition) is 2. The average Bonchev–Trinajstić information content (AvgIpc) is 2.62. The van der Waals surface area contributed by atoms with Gasteiger partial charge in [-0.05, 0) is 42.7 Å². The maximum atomic E-state index is 12.2. The van der Waals surface area contributed by atoms with Gasteiger partial charge >= 0.3 is 0 Å². The van der Waals surface area contributed by atoms with E-state index in [0.29, 0.717) is 6.54 Å². The summed E-state index contributed by atoms with van der Waals surface area (Å²) >= 11 is 3.28. The van der Waals surface area contributed by atoms with Gasteiger partial charge in [0.15, 0.2) is 0 Å². The van der Waals surface area contributed by atoms with E-state index in [4.69, 9.17) is 0 Å². The molecule has 1 amide bonds. The zero-order valence-corrected chi connectivity index (χ0v) is 17.4. The molecule has 0 heterocycles. The van der Waals surface area contributed by atoms with Crippen molar-refractivity contribution in [3.8, 4) is 0 Å². The predicted molar refractivity (Wildman–Crippen MR) is 109 cm³/mol. The van der Waals surface area contributed by atoms with Crippen molar-refractivity contribution >= 4 is 31.9 Å². The first-order valence-corrected chi connectivity index (χ1v) is 11.3. The lowest BCUT2D eigenvalue weighted by atomic mass is 9.64. The summed E-state index contributed by atoms with van der Waals surface area (Å²) in [6.45, 7) is 0.665. The smallest absolute Gasteiger partial charge is 0.240 e. The number of carbonyl (C=O) groups is 1. The Labute approximate surface area is 168 Å². The van der Waals surface area contributed by atoms with Gasteiger partial charge in [-0.1, -0.05) is 52.7 Å². The number of amides is 1. The standard InChI is InChI=1S/C20H23BrN2O3S/c21-17-7-9-18(10-8-17)27(25,26)23-14-11-19(24)22-15-20(12-4-13-20)16-5-2-1-3-6-16/h1-3,5-10,23H,4,11-15H2,(H,22,24). The number of rotatable bonds is 8. The summed E-state index contributed by atoms with van der Waals surface area (Å²) in [6.07, 6.45) is 3.40. The van der Waals surface area contributed by atoms with Gasteiger partial charge in [0.2, 0.25) is 15.9 Å². The van der Waals surface area contributed by atoms with Crippen molar-refractivity contribution in [3.63, 3.8) is 0 Å². The van der Waals surface area contributed by atoms with Crippen molar-refractivity contribution in [1.29, 1.82) is 0 Å². The van der Waals surface area contributed by atoms with Gasteiger partial charge in [0.25, 0.3) is 0 Å². The second-order valence-corrected chi connectivity index (χ2v) is 9.56. The molecule has 0 saturated heterocycles. The summed E-state index contributed by atoms with van der Waals surface area (Å²) in [5.74, 6) is -0.143. The van der Waals surface area contributed by atoms with Crippen LogP contribution in [0.4, 0.5) is 0 Å². The van der Waals surface area contributed by atoms with Crippen LogP contribution < -0.4 is 10.0 Å². The first kappa shape index (κ1) is 20.0. The van der Waals surface area contributed by atoms with Crippen LogP contribution in [0.15, 0.2) is 64.0 Å². The fraction of sp³-hybridized carbons (Fsp3) is 0.350. The lowest BCUT2D eigenvalue weighted by Gasteiger charge is -2.42. The summed E-state index contributed by atoms with van der Waals surface area (Å²) < 4.78 is 27.7. The molecule has 0 aromatic heterocycles. The zero-order valence-electron chi connectivity index (χ0n) is 14.9. The van der Waals surface area contributed by atoms with Gasteiger partial charge in [-0.3, -0.25) is 4.79 Å². The molecule has 1 aliphatic rings. The Kier molecular flexibility index (Phi) is 6.34. The Bertz CT molecular complexity index is 879. The summed E-state index contributed by atoms with van der Waals surface area (Å²) in [6, 6.07) is 16.6. The van der Waals surface area contributed by atoms with E-state index in [9.17, 15) is 13.2 Å². The van der Waals surface area contributed by atoms with Crippen LogP contribution in [0.3, 0.4) is 0 Å². The molecule has 0 spiro atoms. The van der Waals surface area contributed by atoms with Gasteiger partial charge in [0.05, 0.1) is 4.90 Å². The van der Waals surface area contributed by atoms with Crippen LogP contribution >= 0.6 is 15.9 Å². The molecule has 2 aromatic carbocycles. The predicted octanol–water partition coefficient (Wildman–Crippen LogP) is 3.36. The van der Waals surface area contributed by atoms with Crippen LogP contribution in [0.1, 0.15) is 31.2 Å². The van der Waals surface area contributed by atoms with Crippen LogP contribution in [-0.2, 0) is 20.2 Å². The molecular formula is C20H23BrN2O3S. The Balaban J connectivity index is 1.48. The maximum Gasteiger partial charge on any atom is 0.240 e. The van der Waals surface area contributed by atoms with Crippen LogP contribution in [0.25, 0.3) is 0 Å². The van der Waals surface area contributed by atoms with Gasteiger partial charge in [0.1, 0.15) is 0 Å². The summed E-state index contributed by atoms with van der Waals surface area (Å²) in [7, 11) is -3.60. The van der Waals surface area contributed by atoms with E-state index in [1.807, 2.05) is 18.2 Å². The number of hydrogen-bond acceptors (Lipinski definition) is 3. The number of sulfonamides is 1. The topological polar surface area (TPSA) is 75.3 Å². The molecule has 0 radical (unpaired) electrons. The van der Waals surface area contributed by atoms with Crippen molar-refractivity contribution in [2.45, 2.75) is 36.0 Å². The largest absolute Gasteiger partial charge is 0.355 e. The molecule has 7 heteroatoms. The maximum absolute atomic E-state index is 12.2. The molecule has 3 rings (SSSR count). The lowest BCUT2D eigenvalue weighted by molar-refractivity contribution is -0.121. The first-order chi connectivity index (χ1) is 12.9. The average molecular weight is 451 g/mol. The molecule has 1 fully saturated rings. The third-order valence-electron chi connectivity index (χ3n) is 5.09. The molecule has 2 aromatic rings. The van der Waals surface area contributed by atoms with E-state index in [2.05, 4.69) is 38.1 Å². The number of carbonyl (C=O) groups excluding carboxylic acids is 1. The van der Waals surface area contributed by atoms with E-state index in [0.717, 1.165) is 23.7 Å². The van der Waals surface area contributed by atoms with Gasteiger partial charge in [-0.2, -0.15) is 0 Å². The third kappa shape index (κ3) is 4.97. The van der Waals surface area contributed by atoms with Gasteiger partial charge in [-0.25, -0.2) is 13.1 Å². The molecule has 5 nitrogen and oxygen atoms in total. The van der Waals surface area contributed by atoms with Crippen molar-refractivity contribution < 1.29 is 13.2 Å². The lowest BCUT2D eigenvalue weighted by Crippen LogP contribution is -2.46. The Hall–Kier alpha value is -1.70. The van der Waals surface area contributed by atoms with Crippen LogP contribution in [0, 0.1) is 0 Å². The Morgan fingerprint density at radius 2 is 1.70 bits per heavy atom. The van der Waals surface area contributed by atoms with Crippen molar-refractivity contribution in [2.75, 3.05) is 13.1 Å². The highest BCUT2D eigenvalue weighted by Crippen LogP contribution is 2.43. The van der Waals surface area contributed by atoms with E-state index >= 15 is 0 Å². The van der Waals surface area contributed by atoms with Gasteiger partial charge < -0.3 is 5.32 Å². The van der Waals surface area contributed by atoms with Crippen molar-refractivity contribution in [3.05, 3.63) is 64.6 Å². The molecule has 0 atom stereocenters. The van der Waals surface area contributed by atoms with Gasteiger partial charge in [-0.15, -0.1) is 0 Å². The normalized spacial score (nSPS) is 15.7. The van der Waals surface area contributed by atoms with Crippen LogP contribution in [0.2, 0.25) is 0 Å². The minimum absolute atomic E-state index is 0.0217. The Morgan fingerprint density at radius 1 is 1.04 bits per heavy atom. The van der Waals surface area contributed by atoms with E-state index in [-0.39, 0.29) is 29.2 Å². The van der Waals surface area contributed by atoms with Crippen LogP contribution in [-0.4, -0.2) is 27.4 Å². The summed E-state index contributed by atoms with van der Waals surface area (Å²) in [5, 5.41) is 2.98. The second-order valence-electron chi connectivity index (χ2n) is 6.88. The monoisotopic (exact) mass is 450 g/mol. The zero-order chi connectivity index (χ0) is 19.3. The number of nitrogens with one attached hydrogen (secondary N) is 2. The molecule has 0 aliphatic heterocycles. The minimum Gasteiger partial charge on any atom is -0.355 e. The molecule has 0 bridgehead atoms. The highest BCUT2D eigenvalue weighted by Gasteiger charge is 2.38. The quantitative estimate of drug-likeness (QED) is 0.647. The fourth-order valence-electron chi connectivity index (χ4n) is 3.31. The summed E-state index contributed by atoms with van der Waals surface area (Å²) in [4.78, 5) is 12.4. The molecule has 1 saturated carbocycles. The second kappa shape index (κ2) is 8.54. The third-order valence-corrected chi connectivity index (χ3v) is 7.09. The van der Waals surface area contributed by atoms with Gasteiger partial charge in [0, 0.05) is 29.4 Å². The molecule has 0 unspecified atom stereocenters. The fourth-order valence-corrected chi connectivity index (χ4v) is 4.61.